The van der Waals surface area contributed by atoms with E-state index in [0.717, 1.165) is 11.8 Å². The summed E-state index contributed by atoms with van der Waals surface area (Å²) in [6.07, 6.45) is 3.04. The number of thiocarbonyl (C=S) groups is 1. The molecule has 0 bridgehead atoms. The van der Waals surface area contributed by atoms with Crippen LogP contribution in [-0.4, -0.2) is 32.5 Å². The molecule has 1 aromatic carbocycles. The minimum absolute atomic E-state index is 0.0491. The molecule has 2 amide bonds. The summed E-state index contributed by atoms with van der Waals surface area (Å²) in [5, 5.41) is 13.5. The number of amides is 2. The number of furan rings is 1. The van der Waals surface area contributed by atoms with Gasteiger partial charge in [-0.25, -0.2) is 0 Å². The monoisotopic (exact) mass is 403 g/mol. The highest BCUT2D eigenvalue weighted by Crippen LogP contribution is 2.32. The number of para-hydroxylation sites is 2. The van der Waals surface area contributed by atoms with Crippen LogP contribution in [0.25, 0.3) is 6.08 Å². The highest BCUT2D eigenvalue weighted by atomic mass is 32.2. The van der Waals surface area contributed by atoms with Crippen LogP contribution >= 0.6 is 24.0 Å². The van der Waals surface area contributed by atoms with E-state index in [2.05, 4.69) is 5.32 Å². The first kappa shape index (κ1) is 18.8. The fourth-order valence-corrected chi connectivity index (χ4v) is 3.65. The number of rotatable bonds is 6. The summed E-state index contributed by atoms with van der Waals surface area (Å²) in [4.78, 5) is 36.7. The Morgan fingerprint density at radius 2 is 2.11 bits per heavy atom. The zero-order valence-electron chi connectivity index (χ0n) is 13.8. The summed E-state index contributed by atoms with van der Waals surface area (Å²) < 4.78 is 5.53. The molecule has 1 aliphatic heterocycles. The Morgan fingerprint density at radius 3 is 2.81 bits per heavy atom. The molecule has 1 fully saturated rings. The highest BCUT2D eigenvalue weighted by molar-refractivity contribution is 8.26. The Hall–Kier alpha value is -2.98. The van der Waals surface area contributed by atoms with Crippen molar-refractivity contribution >= 4 is 57.6 Å². The summed E-state index contributed by atoms with van der Waals surface area (Å²) in [6.45, 7) is 0.0760. The van der Waals surface area contributed by atoms with Crippen molar-refractivity contribution < 1.29 is 18.9 Å². The van der Waals surface area contributed by atoms with E-state index < -0.39 is 10.8 Å². The first-order chi connectivity index (χ1) is 13.0. The van der Waals surface area contributed by atoms with Crippen molar-refractivity contribution in [3.8, 4) is 0 Å². The van der Waals surface area contributed by atoms with Gasteiger partial charge in [-0.3, -0.25) is 24.6 Å². The quantitative estimate of drug-likeness (QED) is 0.341. The zero-order valence-corrected chi connectivity index (χ0v) is 15.4. The number of nitro groups is 1. The van der Waals surface area contributed by atoms with Crippen LogP contribution < -0.4 is 5.32 Å². The van der Waals surface area contributed by atoms with Crippen LogP contribution in [0.1, 0.15) is 12.2 Å². The van der Waals surface area contributed by atoms with Crippen LogP contribution in [0.4, 0.5) is 11.4 Å². The molecule has 27 heavy (non-hydrogen) atoms. The number of hydrogen-bond donors (Lipinski definition) is 1. The van der Waals surface area contributed by atoms with Gasteiger partial charge in [0.1, 0.15) is 15.8 Å². The molecule has 1 aromatic heterocycles. The maximum Gasteiger partial charge on any atom is 0.292 e. The second kappa shape index (κ2) is 8.14. The summed E-state index contributed by atoms with van der Waals surface area (Å²) in [7, 11) is 0. The molecule has 3 rings (SSSR count). The molecule has 0 spiro atoms. The number of nitro benzene ring substituents is 1. The molecule has 0 unspecified atom stereocenters. The Kier molecular flexibility index (Phi) is 5.67. The van der Waals surface area contributed by atoms with Crippen LogP contribution in [0.3, 0.4) is 0 Å². The van der Waals surface area contributed by atoms with E-state index in [0.29, 0.717) is 15.0 Å². The number of nitrogens with one attached hydrogen (secondary N) is 1. The molecule has 10 heteroatoms. The number of nitrogens with zero attached hydrogens (tertiary/aromatic N) is 2. The maximum absolute atomic E-state index is 12.4. The first-order valence-electron chi connectivity index (χ1n) is 7.78. The van der Waals surface area contributed by atoms with Crippen LogP contribution in [0.5, 0.6) is 0 Å². The van der Waals surface area contributed by atoms with Crippen molar-refractivity contribution in [2.75, 3.05) is 11.9 Å². The van der Waals surface area contributed by atoms with Crippen LogP contribution in [0.2, 0.25) is 0 Å². The fourth-order valence-electron chi connectivity index (χ4n) is 2.36. The Bertz CT molecular complexity index is 940. The smallest absolute Gasteiger partial charge is 0.292 e. The van der Waals surface area contributed by atoms with Gasteiger partial charge in [0.15, 0.2) is 0 Å². The predicted molar refractivity (Wildman–Crippen MR) is 105 cm³/mol. The van der Waals surface area contributed by atoms with Crippen LogP contribution in [0, 0.1) is 10.1 Å². The lowest BCUT2D eigenvalue weighted by Gasteiger charge is -2.14. The molecule has 1 N–H and O–H groups in total. The van der Waals surface area contributed by atoms with Gasteiger partial charge < -0.3 is 9.73 Å². The van der Waals surface area contributed by atoms with Crippen LogP contribution in [0.15, 0.2) is 52.0 Å². The third-order valence-electron chi connectivity index (χ3n) is 3.63. The number of carbonyl (C=O) groups is 2. The molecule has 2 heterocycles. The van der Waals surface area contributed by atoms with E-state index >= 15 is 0 Å². The third kappa shape index (κ3) is 4.41. The SMILES string of the molecule is O=C(CCN1C(=O)C(=Cc2ccco2)SC1=S)Nc1ccccc1[N+](=O)[O-]. The number of thioether (sulfide) groups is 1. The van der Waals surface area contributed by atoms with Crippen LogP contribution in [-0.2, 0) is 9.59 Å². The van der Waals surface area contributed by atoms with Gasteiger partial charge in [-0.15, -0.1) is 0 Å². The number of benzene rings is 1. The summed E-state index contributed by atoms with van der Waals surface area (Å²) in [6, 6.07) is 9.27. The van der Waals surface area contributed by atoms with Crippen molar-refractivity contribution in [3.05, 3.63) is 63.4 Å². The van der Waals surface area contributed by atoms with E-state index in [1.807, 2.05) is 0 Å². The summed E-state index contributed by atoms with van der Waals surface area (Å²) >= 11 is 6.33. The normalized spacial score (nSPS) is 15.4. The minimum atomic E-state index is -0.572. The predicted octanol–water partition coefficient (Wildman–Crippen LogP) is 3.42. The van der Waals surface area contributed by atoms with Crippen molar-refractivity contribution in [1.82, 2.24) is 4.90 Å². The molecule has 0 aliphatic carbocycles. The lowest BCUT2D eigenvalue weighted by atomic mass is 10.2. The molecule has 138 valence electrons. The summed E-state index contributed by atoms with van der Waals surface area (Å²) in [5.41, 5.74) is -0.0894. The van der Waals surface area contributed by atoms with Gasteiger partial charge >= 0.3 is 0 Å². The maximum atomic E-state index is 12.4. The highest BCUT2D eigenvalue weighted by Gasteiger charge is 2.32. The molecule has 2 aromatic rings. The first-order valence-corrected chi connectivity index (χ1v) is 9.00. The van der Waals surface area contributed by atoms with Gasteiger partial charge in [0.25, 0.3) is 11.6 Å². The lowest BCUT2D eigenvalue weighted by molar-refractivity contribution is -0.383. The second-order valence-electron chi connectivity index (χ2n) is 5.42. The Labute approximate surface area is 163 Å². The zero-order chi connectivity index (χ0) is 19.4. The molecule has 0 atom stereocenters. The number of hydrogen-bond acceptors (Lipinski definition) is 7. The van der Waals surface area contributed by atoms with E-state index in [4.69, 9.17) is 16.6 Å². The summed E-state index contributed by atoms with van der Waals surface area (Å²) in [5.74, 6) is -0.224. The van der Waals surface area contributed by atoms with Gasteiger partial charge in [0.05, 0.1) is 16.1 Å². The average Bonchev–Trinajstić information content (AvgIpc) is 3.23. The Balaban J connectivity index is 1.61. The van der Waals surface area contributed by atoms with Gasteiger partial charge in [-0.1, -0.05) is 36.1 Å². The topological polar surface area (TPSA) is 106 Å². The van der Waals surface area contributed by atoms with E-state index in [9.17, 15) is 19.7 Å². The molecule has 1 saturated heterocycles. The number of anilines is 1. The van der Waals surface area contributed by atoms with Crippen molar-refractivity contribution in [2.45, 2.75) is 6.42 Å². The van der Waals surface area contributed by atoms with Crippen molar-refractivity contribution in [3.63, 3.8) is 0 Å². The van der Waals surface area contributed by atoms with E-state index in [1.54, 1.807) is 24.3 Å². The lowest BCUT2D eigenvalue weighted by Crippen LogP contribution is -2.31. The van der Waals surface area contributed by atoms with Gasteiger partial charge in [-0.05, 0) is 18.2 Å². The van der Waals surface area contributed by atoms with E-state index in [1.165, 1.54) is 29.4 Å². The standard InChI is InChI=1S/C17H13N3O5S2/c21-15(18-12-5-1-2-6-13(12)20(23)24)7-8-19-16(22)14(27-17(19)26)10-11-4-3-9-25-11/h1-6,9-10H,7-8H2,(H,18,21). The largest absolute Gasteiger partial charge is 0.465 e. The van der Waals surface area contributed by atoms with Crippen molar-refractivity contribution in [1.29, 1.82) is 0 Å². The fraction of sp³-hybridized carbons (Fsp3) is 0.118. The molecule has 0 saturated carbocycles. The van der Waals surface area contributed by atoms with Gasteiger partial charge in [-0.2, -0.15) is 0 Å². The molecular formula is C17H13N3O5S2. The van der Waals surface area contributed by atoms with Gasteiger partial charge in [0, 0.05) is 25.1 Å². The molecular weight excluding hydrogens is 390 g/mol. The third-order valence-corrected chi connectivity index (χ3v) is 5.01. The minimum Gasteiger partial charge on any atom is -0.465 e. The number of carbonyl (C=O) groups excluding carboxylic acids is 2. The Morgan fingerprint density at radius 1 is 1.33 bits per heavy atom. The van der Waals surface area contributed by atoms with Crippen molar-refractivity contribution in [2.24, 2.45) is 0 Å². The average molecular weight is 403 g/mol. The molecule has 8 nitrogen and oxygen atoms in total. The molecule has 0 radical (unpaired) electrons. The second-order valence-corrected chi connectivity index (χ2v) is 7.10. The van der Waals surface area contributed by atoms with Gasteiger partial charge in [0.2, 0.25) is 5.91 Å². The van der Waals surface area contributed by atoms with E-state index in [-0.39, 0.29) is 30.2 Å². The molecule has 1 aliphatic rings.